The molecule has 0 heterocycles. The molecule has 0 aliphatic heterocycles. The smallest absolute Gasteiger partial charge is 0.160 e. The molecule has 0 unspecified atom stereocenters. The summed E-state index contributed by atoms with van der Waals surface area (Å²) in [6.07, 6.45) is 4.30. The van der Waals surface area contributed by atoms with Gasteiger partial charge in [-0.3, -0.25) is 4.79 Å². The number of hydrogen-bond acceptors (Lipinski definition) is 1. The van der Waals surface area contributed by atoms with Gasteiger partial charge in [-0.15, -0.1) is 12.4 Å². The predicted molar refractivity (Wildman–Crippen MR) is 69.0 cm³/mol. The van der Waals surface area contributed by atoms with Crippen LogP contribution in [0.4, 0.5) is 0 Å². The van der Waals surface area contributed by atoms with Crippen LogP contribution in [-0.4, -0.2) is 5.78 Å². The SMILES string of the molecule is Cl.O=C1C=c2c(ccc3ccccc23)=CC1. The van der Waals surface area contributed by atoms with E-state index < -0.39 is 0 Å². The van der Waals surface area contributed by atoms with E-state index in [4.69, 9.17) is 0 Å². The van der Waals surface area contributed by atoms with Crippen molar-refractivity contribution in [1.82, 2.24) is 0 Å². The minimum atomic E-state index is 0. The van der Waals surface area contributed by atoms with Crippen LogP contribution in [0.25, 0.3) is 22.9 Å². The molecule has 2 aromatic carbocycles. The van der Waals surface area contributed by atoms with Gasteiger partial charge in [-0.25, -0.2) is 0 Å². The Labute approximate surface area is 99.5 Å². The van der Waals surface area contributed by atoms with Crippen LogP contribution in [0.15, 0.2) is 36.4 Å². The number of Topliss-reactive ketones (excluding diaryl/α,β-unsaturated/α-hetero) is 1. The maximum Gasteiger partial charge on any atom is 0.160 e. The number of benzene rings is 2. The Morgan fingerprint density at radius 3 is 2.69 bits per heavy atom. The summed E-state index contributed by atoms with van der Waals surface area (Å²) in [5, 5.41) is 4.60. The number of halogens is 1. The first-order valence-corrected chi connectivity index (χ1v) is 5.07. The fourth-order valence-corrected chi connectivity index (χ4v) is 2.08. The molecule has 16 heavy (non-hydrogen) atoms. The van der Waals surface area contributed by atoms with Crippen molar-refractivity contribution in [3.05, 3.63) is 46.8 Å². The van der Waals surface area contributed by atoms with Crippen molar-refractivity contribution in [1.29, 1.82) is 0 Å². The van der Waals surface area contributed by atoms with Crippen LogP contribution in [-0.2, 0) is 4.79 Å². The van der Waals surface area contributed by atoms with Gasteiger partial charge in [0.2, 0.25) is 0 Å². The van der Waals surface area contributed by atoms with E-state index in [0.717, 1.165) is 5.22 Å². The van der Waals surface area contributed by atoms with Crippen LogP contribution in [0.5, 0.6) is 0 Å². The van der Waals surface area contributed by atoms with Gasteiger partial charge >= 0.3 is 0 Å². The van der Waals surface area contributed by atoms with Crippen molar-refractivity contribution in [2.24, 2.45) is 0 Å². The minimum Gasteiger partial charge on any atom is -0.294 e. The van der Waals surface area contributed by atoms with Crippen LogP contribution in [0.1, 0.15) is 6.42 Å². The monoisotopic (exact) mass is 230 g/mol. The summed E-state index contributed by atoms with van der Waals surface area (Å²) >= 11 is 0. The average Bonchev–Trinajstić information content (AvgIpc) is 2.29. The average molecular weight is 231 g/mol. The van der Waals surface area contributed by atoms with E-state index >= 15 is 0 Å². The third-order valence-corrected chi connectivity index (χ3v) is 2.83. The van der Waals surface area contributed by atoms with E-state index in [9.17, 15) is 4.79 Å². The Kier molecular flexibility index (Phi) is 2.80. The summed E-state index contributed by atoms with van der Waals surface area (Å²) in [4.78, 5) is 11.4. The summed E-state index contributed by atoms with van der Waals surface area (Å²) < 4.78 is 0. The molecule has 0 saturated heterocycles. The summed E-state index contributed by atoms with van der Waals surface area (Å²) in [7, 11) is 0. The number of ketones is 1. The van der Waals surface area contributed by atoms with Crippen molar-refractivity contribution in [3.63, 3.8) is 0 Å². The van der Waals surface area contributed by atoms with E-state index in [1.54, 1.807) is 6.08 Å². The van der Waals surface area contributed by atoms with E-state index in [2.05, 4.69) is 24.3 Å². The molecule has 0 bridgehead atoms. The third-order valence-electron chi connectivity index (χ3n) is 2.83. The zero-order chi connectivity index (χ0) is 10.3. The molecule has 0 aromatic heterocycles. The Bertz CT molecular complexity index is 671. The lowest BCUT2D eigenvalue weighted by Crippen LogP contribution is -2.29. The van der Waals surface area contributed by atoms with Crippen molar-refractivity contribution < 1.29 is 4.79 Å². The normalized spacial score (nSPS) is 13.4. The molecule has 0 spiro atoms. The molecular weight excluding hydrogens is 220 g/mol. The zero-order valence-corrected chi connectivity index (χ0v) is 9.46. The van der Waals surface area contributed by atoms with Gasteiger partial charge in [-0.05, 0) is 27.3 Å². The molecule has 0 atom stereocenters. The van der Waals surface area contributed by atoms with E-state index in [1.165, 1.54) is 16.0 Å². The topological polar surface area (TPSA) is 17.1 Å². The molecule has 2 heteroatoms. The molecule has 0 saturated carbocycles. The molecule has 3 rings (SSSR count). The number of carbonyl (C=O) groups is 1. The second kappa shape index (κ2) is 4.11. The fourth-order valence-electron chi connectivity index (χ4n) is 2.08. The number of rotatable bonds is 0. The largest absolute Gasteiger partial charge is 0.294 e. The molecule has 0 radical (unpaired) electrons. The Morgan fingerprint density at radius 1 is 1.00 bits per heavy atom. The van der Waals surface area contributed by atoms with Gasteiger partial charge in [0.15, 0.2) is 5.78 Å². The first-order valence-electron chi connectivity index (χ1n) is 5.07. The Hall–Kier alpha value is -1.60. The Morgan fingerprint density at radius 2 is 1.81 bits per heavy atom. The van der Waals surface area contributed by atoms with Gasteiger partial charge in [0.05, 0.1) is 0 Å². The molecule has 0 amide bonds. The Balaban J connectivity index is 0.000000963. The fraction of sp³-hybridized carbons (Fsp3) is 0.0714. The number of hydrogen-bond donors (Lipinski definition) is 0. The first-order chi connectivity index (χ1) is 7.34. The maximum absolute atomic E-state index is 11.4. The third kappa shape index (κ3) is 1.63. The van der Waals surface area contributed by atoms with E-state index in [-0.39, 0.29) is 18.2 Å². The molecule has 0 fully saturated rings. The summed E-state index contributed by atoms with van der Waals surface area (Å²) in [5.41, 5.74) is 0. The van der Waals surface area contributed by atoms with Gasteiger partial charge in [-0.2, -0.15) is 0 Å². The second-order valence-corrected chi connectivity index (χ2v) is 3.81. The van der Waals surface area contributed by atoms with Crippen LogP contribution < -0.4 is 10.4 Å². The summed E-state index contributed by atoms with van der Waals surface area (Å²) in [6.45, 7) is 0. The highest BCUT2D eigenvalue weighted by atomic mass is 35.5. The first kappa shape index (κ1) is 10.9. The van der Waals surface area contributed by atoms with Crippen LogP contribution >= 0.6 is 12.4 Å². The van der Waals surface area contributed by atoms with Crippen molar-refractivity contribution in [2.75, 3.05) is 0 Å². The molecule has 1 aliphatic carbocycles. The quantitative estimate of drug-likeness (QED) is 0.675. The van der Waals surface area contributed by atoms with Crippen molar-refractivity contribution in [2.45, 2.75) is 6.42 Å². The maximum atomic E-state index is 11.4. The number of carbonyl (C=O) groups excluding carboxylic acids is 1. The van der Waals surface area contributed by atoms with Gasteiger partial charge in [-0.1, -0.05) is 42.5 Å². The summed E-state index contributed by atoms with van der Waals surface area (Å²) in [5.74, 6) is 0.193. The highest BCUT2D eigenvalue weighted by molar-refractivity contribution is 6.10. The van der Waals surface area contributed by atoms with Crippen LogP contribution in [0.3, 0.4) is 0 Å². The van der Waals surface area contributed by atoms with E-state index in [1.807, 2.05) is 18.2 Å². The molecule has 1 aliphatic rings. The molecule has 2 aromatic rings. The lowest BCUT2D eigenvalue weighted by Gasteiger charge is -2.03. The zero-order valence-electron chi connectivity index (χ0n) is 8.64. The van der Waals surface area contributed by atoms with Gasteiger partial charge in [0.25, 0.3) is 0 Å². The lowest BCUT2D eigenvalue weighted by atomic mass is 10.0. The molecular formula is C14H11ClO. The van der Waals surface area contributed by atoms with E-state index in [0.29, 0.717) is 6.42 Å². The number of fused-ring (bicyclic) bond motifs is 3. The second-order valence-electron chi connectivity index (χ2n) is 3.81. The van der Waals surface area contributed by atoms with Crippen LogP contribution in [0.2, 0.25) is 0 Å². The molecule has 0 N–H and O–H groups in total. The van der Waals surface area contributed by atoms with Gasteiger partial charge in [0.1, 0.15) is 0 Å². The highest BCUT2D eigenvalue weighted by Crippen LogP contribution is 2.07. The molecule has 80 valence electrons. The van der Waals surface area contributed by atoms with Gasteiger partial charge in [0, 0.05) is 6.42 Å². The van der Waals surface area contributed by atoms with Crippen molar-refractivity contribution in [3.8, 4) is 0 Å². The lowest BCUT2D eigenvalue weighted by molar-refractivity contribution is -0.112. The molecule has 1 nitrogen and oxygen atoms in total. The van der Waals surface area contributed by atoms with Crippen molar-refractivity contribution >= 4 is 41.1 Å². The minimum absolute atomic E-state index is 0. The highest BCUT2D eigenvalue weighted by Gasteiger charge is 2.03. The van der Waals surface area contributed by atoms with Crippen LogP contribution in [0, 0.1) is 0 Å². The summed E-state index contributed by atoms with van der Waals surface area (Å²) in [6, 6.07) is 12.4. The standard InChI is InChI=1S/C14H10O.ClH/c15-12-8-7-11-6-5-10-3-1-2-4-13(10)14(11)9-12;/h1-7,9H,8H2;1H. The predicted octanol–water partition coefficient (Wildman–Crippen LogP) is 1.80. The van der Waals surface area contributed by atoms with Gasteiger partial charge < -0.3 is 0 Å².